The molecule has 25 heavy (non-hydrogen) atoms. The zero-order valence-corrected chi connectivity index (χ0v) is 14.0. The highest BCUT2D eigenvalue weighted by Crippen LogP contribution is 2.48. The van der Waals surface area contributed by atoms with E-state index in [1.54, 1.807) is 0 Å². The number of anilines is 3. The van der Waals surface area contributed by atoms with Gasteiger partial charge in [-0.1, -0.05) is 48.5 Å². The van der Waals surface area contributed by atoms with Crippen molar-refractivity contribution in [2.24, 2.45) is 0 Å². The fourth-order valence-electron chi connectivity index (χ4n) is 3.71. The first kappa shape index (κ1) is 15.3. The summed E-state index contributed by atoms with van der Waals surface area (Å²) in [5, 5.41) is 0. The molecule has 3 heteroatoms. The molecule has 0 saturated heterocycles. The van der Waals surface area contributed by atoms with Crippen LogP contribution in [0.2, 0.25) is 0 Å². The molecule has 0 aliphatic carbocycles. The predicted molar refractivity (Wildman–Crippen MR) is 107 cm³/mol. The molecule has 1 aliphatic heterocycles. The highest BCUT2D eigenvalue weighted by atomic mass is 15.2. The van der Waals surface area contributed by atoms with Crippen molar-refractivity contribution >= 4 is 17.1 Å². The van der Waals surface area contributed by atoms with Crippen LogP contribution in [0.25, 0.3) is 11.1 Å². The van der Waals surface area contributed by atoms with E-state index in [1.807, 2.05) is 30.3 Å². The van der Waals surface area contributed by atoms with Crippen LogP contribution in [-0.4, -0.2) is 6.54 Å². The number of hydrogen-bond acceptors (Lipinski definition) is 3. The van der Waals surface area contributed by atoms with Gasteiger partial charge >= 0.3 is 0 Å². The molecule has 4 rings (SSSR count). The topological polar surface area (TPSA) is 55.3 Å². The summed E-state index contributed by atoms with van der Waals surface area (Å²) in [6.07, 6.45) is 1.93. The average molecular weight is 327 g/mol. The summed E-state index contributed by atoms with van der Waals surface area (Å²) >= 11 is 0. The van der Waals surface area contributed by atoms with Gasteiger partial charge in [-0.3, -0.25) is 0 Å². The van der Waals surface area contributed by atoms with Gasteiger partial charge in [-0.25, -0.2) is 0 Å². The molecular weight excluding hydrogens is 306 g/mol. The Morgan fingerprint density at radius 3 is 2.28 bits per heavy atom. The van der Waals surface area contributed by atoms with E-state index in [0.717, 1.165) is 23.6 Å². The molecule has 0 radical (unpaired) electrons. The van der Waals surface area contributed by atoms with Crippen molar-refractivity contribution < 1.29 is 0 Å². The van der Waals surface area contributed by atoms with Crippen LogP contribution in [0.3, 0.4) is 0 Å². The second-order valence-corrected chi connectivity index (χ2v) is 6.38. The molecular formula is C22H21N3. The third-order valence-corrected chi connectivity index (χ3v) is 4.74. The van der Waals surface area contributed by atoms with Gasteiger partial charge in [-0.15, -0.1) is 6.58 Å². The highest BCUT2D eigenvalue weighted by molar-refractivity contribution is 5.88. The van der Waals surface area contributed by atoms with Crippen molar-refractivity contribution in [3.63, 3.8) is 0 Å². The van der Waals surface area contributed by atoms with Crippen LogP contribution >= 0.6 is 0 Å². The van der Waals surface area contributed by atoms with Crippen LogP contribution in [0, 0.1) is 0 Å². The molecule has 0 aromatic heterocycles. The summed E-state index contributed by atoms with van der Waals surface area (Å²) in [6, 6.07) is 22.8. The molecule has 0 saturated carbocycles. The Morgan fingerprint density at radius 1 is 0.880 bits per heavy atom. The van der Waals surface area contributed by atoms with Crippen molar-refractivity contribution in [3.05, 3.63) is 90.5 Å². The van der Waals surface area contributed by atoms with Gasteiger partial charge in [0.1, 0.15) is 0 Å². The maximum absolute atomic E-state index is 6.13. The van der Waals surface area contributed by atoms with Gasteiger partial charge in [-0.05, 0) is 41.0 Å². The Kier molecular flexibility index (Phi) is 3.69. The van der Waals surface area contributed by atoms with Crippen molar-refractivity contribution in [3.8, 4) is 11.1 Å². The fraction of sp³-hybridized carbons (Fsp3) is 0.0909. The normalized spacial score (nSPS) is 15.4. The predicted octanol–water partition coefficient (Wildman–Crippen LogP) is 4.61. The lowest BCUT2D eigenvalue weighted by Crippen LogP contribution is -2.33. The summed E-state index contributed by atoms with van der Waals surface area (Å²) in [5.41, 5.74) is 19.7. The monoisotopic (exact) mass is 327 g/mol. The quantitative estimate of drug-likeness (QED) is 0.545. The van der Waals surface area contributed by atoms with Crippen molar-refractivity contribution in [1.29, 1.82) is 0 Å². The summed E-state index contributed by atoms with van der Waals surface area (Å²) in [6.45, 7) is 4.68. The largest absolute Gasteiger partial charge is 0.399 e. The van der Waals surface area contributed by atoms with Gasteiger partial charge in [0, 0.05) is 29.2 Å². The SMILES string of the molecule is C=CCN1c2cc(N)ccc2-c2ccc(N)cc2C1c1ccccc1. The molecule has 4 N–H and O–H groups in total. The molecule has 3 aromatic rings. The van der Waals surface area contributed by atoms with Crippen LogP contribution in [-0.2, 0) is 0 Å². The summed E-state index contributed by atoms with van der Waals surface area (Å²) in [7, 11) is 0. The van der Waals surface area contributed by atoms with Crippen LogP contribution in [0.4, 0.5) is 17.1 Å². The Morgan fingerprint density at radius 2 is 1.56 bits per heavy atom. The first-order chi connectivity index (χ1) is 12.2. The molecule has 124 valence electrons. The lowest BCUT2D eigenvalue weighted by atomic mass is 9.84. The van der Waals surface area contributed by atoms with Gasteiger partial charge < -0.3 is 16.4 Å². The molecule has 1 heterocycles. The summed E-state index contributed by atoms with van der Waals surface area (Å²) in [5.74, 6) is 0. The fourth-order valence-corrected chi connectivity index (χ4v) is 3.71. The minimum Gasteiger partial charge on any atom is -0.399 e. The molecule has 0 bridgehead atoms. The third-order valence-electron chi connectivity index (χ3n) is 4.74. The van der Waals surface area contributed by atoms with E-state index in [4.69, 9.17) is 11.5 Å². The van der Waals surface area contributed by atoms with Crippen LogP contribution in [0.5, 0.6) is 0 Å². The van der Waals surface area contributed by atoms with Crippen molar-refractivity contribution in [1.82, 2.24) is 0 Å². The van der Waals surface area contributed by atoms with Crippen LogP contribution in [0.15, 0.2) is 79.4 Å². The maximum Gasteiger partial charge on any atom is 0.0806 e. The zero-order valence-electron chi connectivity index (χ0n) is 14.0. The molecule has 3 nitrogen and oxygen atoms in total. The van der Waals surface area contributed by atoms with Crippen molar-refractivity contribution in [2.75, 3.05) is 22.9 Å². The molecule has 1 unspecified atom stereocenters. The smallest absolute Gasteiger partial charge is 0.0806 e. The van der Waals surface area contributed by atoms with E-state index in [1.165, 1.54) is 22.3 Å². The maximum atomic E-state index is 6.13. The van der Waals surface area contributed by atoms with Crippen LogP contribution < -0.4 is 16.4 Å². The number of benzene rings is 3. The third kappa shape index (κ3) is 2.54. The van der Waals surface area contributed by atoms with Crippen LogP contribution in [0.1, 0.15) is 17.2 Å². The molecule has 0 spiro atoms. The number of fused-ring (bicyclic) bond motifs is 3. The Hall–Kier alpha value is -3.20. The molecule has 0 amide bonds. The minimum absolute atomic E-state index is 0.0759. The molecule has 1 aliphatic rings. The van der Waals surface area contributed by atoms with Gasteiger partial charge in [0.15, 0.2) is 0 Å². The van der Waals surface area contributed by atoms with E-state index in [9.17, 15) is 0 Å². The molecule has 1 atom stereocenters. The lowest BCUT2D eigenvalue weighted by Gasteiger charge is -2.40. The Balaban J connectivity index is 2.02. The first-order valence-electron chi connectivity index (χ1n) is 8.41. The Labute approximate surface area is 148 Å². The van der Waals surface area contributed by atoms with E-state index >= 15 is 0 Å². The second kappa shape index (κ2) is 6.02. The van der Waals surface area contributed by atoms with E-state index < -0.39 is 0 Å². The number of rotatable bonds is 3. The first-order valence-corrected chi connectivity index (χ1v) is 8.41. The van der Waals surface area contributed by atoms with Gasteiger partial charge in [-0.2, -0.15) is 0 Å². The average Bonchev–Trinajstić information content (AvgIpc) is 2.62. The van der Waals surface area contributed by atoms with Gasteiger partial charge in [0.2, 0.25) is 0 Å². The molecule has 3 aromatic carbocycles. The number of hydrogen-bond donors (Lipinski definition) is 2. The highest BCUT2D eigenvalue weighted by Gasteiger charge is 2.31. The van der Waals surface area contributed by atoms with Gasteiger partial charge in [0.25, 0.3) is 0 Å². The Bertz CT molecular complexity index is 931. The standard InChI is InChI=1S/C22H21N3/c1-2-12-25-21-14-17(24)9-11-19(21)18-10-8-16(23)13-20(18)22(25)15-6-4-3-5-7-15/h2-11,13-14,22H,1,12,23-24H2. The second-order valence-electron chi connectivity index (χ2n) is 6.38. The summed E-state index contributed by atoms with van der Waals surface area (Å²) in [4.78, 5) is 2.34. The van der Waals surface area contributed by atoms with E-state index in [-0.39, 0.29) is 6.04 Å². The lowest BCUT2D eigenvalue weighted by molar-refractivity contribution is 0.741. The van der Waals surface area contributed by atoms with E-state index in [0.29, 0.717) is 0 Å². The summed E-state index contributed by atoms with van der Waals surface area (Å²) < 4.78 is 0. The molecule has 0 fully saturated rings. The number of nitrogens with zero attached hydrogens (tertiary/aromatic N) is 1. The van der Waals surface area contributed by atoms with Crippen molar-refractivity contribution in [2.45, 2.75) is 6.04 Å². The number of nitrogens with two attached hydrogens (primary N) is 2. The van der Waals surface area contributed by atoms with Gasteiger partial charge in [0.05, 0.1) is 6.04 Å². The van der Waals surface area contributed by atoms with E-state index in [2.05, 4.69) is 53.9 Å². The minimum atomic E-state index is 0.0759. The number of nitrogen functional groups attached to an aromatic ring is 2. The zero-order chi connectivity index (χ0) is 17.4.